The van der Waals surface area contributed by atoms with Crippen molar-refractivity contribution in [3.05, 3.63) is 84.1 Å². The highest BCUT2D eigenvalue weighted by atomic mass is 19.1. The minimum absolute atomic E-state index is 0.0278. The number of benzene rings is 1. The molecule has 8 heteroatoms. The molecule has 0 saturated carbocycles. The molecule has 0 unspecified atom stereocenters. The Labute approximate surface area is 158 Å². The summed E-state index contributed by atoms with van der Waals surface area (Å²) in [7, 11) is 0. The Balaban J connectivity index is 1.56. The summed E-state index contributed by atoms with van der Waals surface area (Å²) in [6, 6.07) is 8.33. The number of amides is 1. The van der Waals surface area contributed by atoms with E-state index >= 15 is 0 Å². The normalized spacial score (nSPS) is 10.8. The summed E-state index contributed by atoms with van der Waals surface area (Å²) in [5.74, 6) is -1.27. The third kappa shape index (κ3) is 3.52. The highest BCUT2D eigenvalue weighted by Crippen LogP contribution is 2.34. The monoisotopic (exact) mass is 380 g/mol. The Bertz CT molecular complexity index is 1120. The lowest BCUT2D eigenvalue weighted by molar-refractivity contribution is 0.0946. The highest BCUT2D eigenvalue weighted by Gasteiger charge is 2.19. The quantitative estimate of drug-likeness (QED) is 0.549. The van der Waals surface area contributed by atoms with Crippen molar-refractivity contribution in [3.63, 3.8) is 0 Å². The molecule has 2 N–H and O–H groups in total. The van der Waals surface area contributed by atoms with Gasteiger partial charge in [-0.1, -0.05) is 11.2 Å². The molecule has 0 aliphatic rings. The zero-order valence-corrected chi connectivity index (χ0v) is 14.4. The molecule has 0 aliphatic carbocycles. The van der Waals surface area contributed by atoms with Gasteiger partial charge < -0.3 is 14.8 Å². The van der Waals surface area contributed by atoms with Crippen molar-refractivity contribution in [2.75, 3.05) is 0 Å². The van der Waals surface area contributed by atoms with Crippen LogP contribution in [0.4, 0.5) is 8.78 Å². The summed E-state index contributed by atoms with van der Waals surface area (Å²) in [6.45, 7) is 0.323. The topological polar surface area (TPSA) is 83.8 Å². The molecule has 3 aromatic heterocycles. The number of halogens is 2. The van der Waals surface area contributed by atoms with Crippen LogP contribution in [0.15, 0.2) is 65.7 Å². The zero-order valence-electron chi connectivity index (χ0n) is 14.4. The van der Waals surface area contributed by atoms with E-state index in [1.807, 2.05) is 6.07 Å². The van der Waals surface area contributed by atoms with E-state index < -0.39 is 11.6 Å². The van der Waals surface area contributed by atoms with Crippen molar-refractivity contribution in [1.29, 1.82) is 0 Å². The average molecular weight is 380 g/mol. The first-order chi connectivity index (χ1) is 13.6. The number of nitrogens with one attached hydrogen (secondary N) is 2. The van der Waals surface area contributed by atoms with E-state index in [1.54, 1.807) is 30.7 Å². The summed E-state index contributed by atoms with van der Waals surface area (Å²) in [4.78, 5) is 19.2. The SMILES string of the molecule is O=C(NCc1cccnc1)c1cc(-c2oncc2-c2cc(F)ccc2F)c[nH]1. The third-order valence-corrected chi connectivity index (χ3v) is 4.15. The van der Waals surface area contributed by atoms with E-state index in [4.69, 9.17) is 4.52 Å². The molecule has 0 aliphatic heterocycles. The van der Waals surface area contributed by atoms with Gasteiger partial charge >= 0.3 is 0 Å². The van der Waals surface area contributed by atoms with Gasteiger partial charge in [0.1, 0.15) is 17.3 Å². The van der Waals surface area contributed by atoms with Crippen molar-refractivity contribution >= 4 is 5.91 Å². The number of carbonyl (C=O) groups is 1. The molecular weight excluding hydrogens is 366 g/mol. The van der Waals surface area contributed by atoms with E-state index in [0.29, 0.717) is 23.4 Å². The molecule has 0 saturated heterocycles. The first-order valence-corrected chi connectivity index (χ1v) is 8.38. The standard InChI is InChI=1S/C20H14F2N4O2/c21-14-3-4-17(22)15(7-14)16-11-26-28-19(16)13-6-18(24-10-13)20(27)25-9-12-2-1-5-23-8-12/h1-8,10-11,24H,9H2,(H,25,27). The van der Waals surface area contributed by atoms with E-state index in [2.05, 4.69) is 20.4 Å². The van der Waals surface area contributed by atoms with Gasteiger partial charge in [-0.3, -0.25) is 9.78 Å². The molecule has 3 heterocycles. The molecule has 1 aromatic carbocycles. The Morgan fingerprint density at radius 1 is 1.14 bits per heavy atom. The molecule has 0 bridgehead atoms. The fourth-order valence-corrected chi connectivity index (χ4v) is 2.78. The maximum Gasteiger partial charge on any atom is 0.267 e. The number of aromatic nitrogens is 3. The van der Waals surface area contributed by atoms with Crippen LogP contribution in [0, 0.1) is 11.6 Å². The molecule has 140 valence electrons. The van der Waals surface area contributed by atoms with Crippen molar-refractivity contribution in [2.45, 2.75) is 6.54 Å². The minimum Gasteiger partial charge on any atom is -0.356 e. The number of carbonyl (C=O) groups excluding carboxylic acids is 1. The third-order valence-electron chi connectivity index (χ3n) is 4.15. The molecule has 6 nitrogen and oxygen atoms in total. The van der Waals surface area contributed by atoms with Gasteiger partial charge in [-0.05, 0) is 35.9 Å². The van der Waals surface area contributed by atoms with Crippen LogP contribution in [-0.2, 0) is 6.54 Å². The number of hydrogen-bond acceptors (Lipinski definition) is 4. The van der Waals surface area contributed by atoms with Gasteiger partial charge in [0.2, 0.25) is 0 Å². The lowest BCUT2D eigenvalue weighted by Crippen LogP contribution is -2.23. The molecular formula is C20H14F2N4O2. The predicted octanol–water partition coefficient (Wildman–Crippen LogP) is 3.94. The van der Waals surface area contributed by atoms with Crippen molar-refractivity contribution < 1.29 is 18.1 Å². The van der Waals surface area contributed by atoms with E-state index in [9.17, 15) is 13.6 Å². The lowest BCUT2D eigenvalue weighted by Gasteiger charge is -2.03. The molecule has 1 amide bonds. The molecule has 4 rings (SSSR count). The Kier molecular flexibility index (Phi) is 4.67. The Morgan fingerprint density at radius 2 is 2.04 bits per heavy atom. The second kappa shape index (κ2) is 7.43. The van der Waals surface area contributed by atoms with Crippen LogP contribution in [0.3, 0.4) is 0 Å². The number of pyridine rings is 1. The highest BCUT2D eigenvalue weighted by molar-refractivity contribution is 5.94. The first kappa shape index (κ1) is 17.6. The zero-order chi connectivity index (χ0) is 19.5. The van der Waals surface area contributed by atoms with E-state index in [-0.39, 0.29) is 17.2 Å². The molecule has 28 heavy (non-hydrogen) atoms. The lowest BCUT2D eigenvalue weighted by atomic mass is 10.0. The molecule has 0 radical (unpaired) electrons. The molecule has 0 atom stereocenters. The van der Waals surface area contributed by atoms with Crippen molar-refractivity contribution in [3.8, 4) is 22.5 Å². The number of nitrogens with zero attached hydrogens (tertiary/aromatic N) is 2. The second-order valence-corrected chi connectivity index (χ2v) is 6.04. The fourth-order valence-electron chi connectivity index (χ4n) is 2.78. The summed E-state index contributed by atoms with van der Waals surface area (Å²) in [6.07, 6.45) is 6.16. The number of hydrogen-bond donors (Lipinski definition) is 2. The number of H-pyrrole nitrogens is 1. The van der Waals surface area contributed by atoms with Crippen LogP contribution < -0.4 is 5.32 Å². The van der Waals surface area contributed by atoms with Crippen LogP contribution >= 0.6 is 0 Å². The first-order valence-electron chi connectivity index (χ1n) is 8.38. The number of rotatable bonds is 5. The van der Waals surface area contributed by atoms with Gasteiger partial charge in [-0.15, -0.1) is 0 Å². The summed E-state index contributed by atoms with van der Waals surface area (Å²) >= 11 is 0. The van der Waals surface area contributed by atoms with Gasteiger partial charge in [0.15, 0.2) is 5.76 Å². The van der Waals surface area contributed by atoms with Gasteiger partial charge in [0, 0.05) is 36.3 Å². The van der Waals surface area contributed by atoms with Gasteiger partial charge in [-0.2, -0.15) is 0 Å². The van der Waals surface area contributed by atoms with Crippen molar-refractivity contribution in [1.82, 2.24) is 20.4 Å². The van der Waals surface area contributed by atoms with Crippen LogP contribution in [0.1, 0.15) is 16.1 Å². The van der Waals surface area contributed by atoms with Crippen molar-refractivity contribution in [2.24, 2.45) is 0 Å². The predicted molar refractivity (Wildman–Crippen MR) is 97.0 cm³/mol. The maximum atomic E-state index is 14.1. The van der Waals surface area contributed by atoms with Gasteiger partial charge in [0.05, 0.1) is 11.8 Å². The Hall–Kier alpha value is -3.81. The van der Waals surface area contributed by atoms with Gasteiger partial charge in [-0.25, -0.2) is 8.78 Å². The largest absolute Gasteiger partial charge is 0.356 e. The number of aromatic amines is 1. The molecule has 4 aromatic rings. The summed E-state index contributed by atoms with van der Waals surface area (Å²) in [5, 5.41) is 6.46. The maximum absolute atomic E-state index is 14.1. The summed E-state index contributed by atoms with van der Waals surface area (Å²) < 4.78 is 32.9. The van der Waals surface area contributed by atoms with Crippen LogP contribution in [0.5, 0.6) is 0 Å². The Morgan fingerprint density at radius 3 is 2.86 bits per heavy atom. The van der Waals surface area contributed by atoms with Crippen LogP contribution in [0.2, 0.25) is 0 Å². The smallest absolute Gasteiger partial charge is 0.267 e. The van der Waals surface area contributed by atoms with E-state index in [1.165, 1.54) is 6.20 Å². The molecule has 0 fully saturated rings. The minimum atomic E-state index is -0.601. The van der Waals surface area contributed by atoms with Crippen LogP contribution in [0.25, 0.3) is 22.5 Å². The second-order valence-electron chi connectivity index (χ2n) is 6.04. The summed E-state index contributed by atoms with van der Waals surface area (Å²) in [5.41, 5.74) is 1.96. The van der Waals surface area contributed by atoms with E-state index in [0.717, 1.165) is 23.8 Å². The van der Waals surface area contributed by atoms with Gasteiger partial charge in [0.25, 0.3) is 5.91 Å². The van der Waals surface area contributed by atoms with Crippen LogP contribution in [-0.4, -0.2) is 21.0 Å². The average Bonchev–Trinajstić information content (AvgIpc) is 3.38. The molecule has 0 spiro atoms. The fraction of sp³-hybridized carbons (Fsp3) is 0.0500.